The number of sulfone groups is 1. The number of ether oxygens (including phenoxy) is 3. The highest BCUT2D eigenvalue weighted by atomic mass is 32.2. The van der Waals surface area contributed by atoms with Crippen molar-refractivity contribution in [3.8, 4) is 11.5 Å². The summed E-state index contributed by atoms with van der Waals surface area (Å²) in [6, 6.07) is 12.8. The zero-order chi connectivity index (χ0) is 27.4. The Morgan fingerprint density at radius 1 is 1.10 bits per heavy atom. The quantitative estimate of drug-likeness (QED) is 0.513. The summed E-state index contributed by atoms with van der Waals surface area (Å²) in [7, 11) is 1.02. The van der Waals surface area contributed by atoms with Crippen LogP contribution in [0.25, 0.3) is 6.08 Å². The number of hydrogen-bond acceptors (Lipinski definition) is 7. The number of Topliss-reactive ketones (excluding diaryl/α,β-unsaturated/α-hetero) is 1. The summed E-state index contributed by atoms with van der Waals surface area (Å²) in [6.45, 7) is 0.332. The van der Waals surface area contributed by atoms with E-state index in [1.54, 1.807) is 31.2 Å². The number of benzene rings is 2. The molecule has 2 bridgehead atoms. The Bertz CT molecular complexity index is 1600. The Labute approximate surface area is 227 Å². The van der Waals surface area contributed by atoms with E-state index in [1.807, 2.05) is 54.6 Å². The highest BCUT2D eigenvalue weighted by Gasteiger charge is 2.82. The first kappa shape index (κ1) is 24.6. The van der Waals surface area contributed by atoms with Crippen molar-refractivity contribution in [1.82, 2.24) is 4.90 Å². The first-order chi connectivity index (χ1) is 18.7. The topological polar surface area (TPSA) is 99.2 Å². The van der Waals surface area contributed by atoms with Crippen molar-refractivity contribution in [2.75, 3.05) is 33.6 Å². The van der Waals surface area contributed by atoms with E-state index in [1.165, 1.54) is 7.11 Å². The van der Waals surface area contributed by atoms with Gasteiger partial charge in [-0.2, -0.15) is 0 Å². The Kier molecular flexibility index (Phi) is 4.93. The van der Waals surface area contributed by atoms with Crippen molar-refractivity contribution in [3.63, 3.8) is 0 Å². The van der Waals surface area contributed by atoms with Gasteiger partial charge in [0.05, 0.1) is 23.7 Å². The number of nitrogens with zero attached hydrogens (tertiary/aromatic N) is 1. The standard InChI is InChI=1S/C30H29NO7S/c1-31(26(33)19-7-5-4-6-8-19)16-15-29-22-18-9-10-21(36-2)24(22)38-27(29)30(37-3)14-13-28(29,12-11-18)25-23(30)20(32)17-39(25,34)35/h4-14,23,25,27H,15-17H2,1-3H3/t23-,25+,27-,28-,29+,30-/m1/s1. The molecule has 1 amide bonds. The summed E-state index contributed by atoms with van der Waals surface area (Å²) in [4.78, 5) is 28.4. The van der Waals surface area contributed by atoms with Crippen molar-refractivity contribution in [2.24, 2.45) is 11.3 Å². The molecular weight excluding hydrogens is 518 g/mol. The van der Waals surface area contributed by atoms with E-state index in [9.17, 15) is 18.0 Å². The fraction of sp³-hybridized carbons (Fsp3) is 0.400. The fourth-order valence-corrected chi connectivity index (χ4v) is 10.7. The maximum atomic E-state index is 13.8. The van der Waals surface area contributed by atoms with Gasteiger partial charge in [0.25, 0.3) is 5.91 Å². The average molecular weight is 548 g/mol. The lowest BCUT2D eigenvalue weighted by Crippen LogP contribution is -2.77. The molecule has 6 aliphatic rings. The average Bonchev–Trinajstić information content (AvgIpc) is 3.45. The first-order valence-electron chi connectivity index (χ1n) is 13.0. The van der Waals surface area contributed by atoms with Crippen molar-refractivity contribution in [1.29, 1.82) is 0 Å². The lowest BCUT2D eigenvalue weighted by molar-refractivity contribution is -0.176. The van der Waals surface area contributed by atoms with Gasteiger partial charge in [-0.25, -0.2) is 8.42 Å². The van der Waals surface area contributed by atoms with Gasteiger partial charge in [0.2, 0.25) is 0 Å². The van der Waals surface area contributed by atoms with E-state index < -0.39 is 49.3 Å². The van der Waals surface area contributed by atoms with Gasteiger partial charge >= 0.3 is 0 Å². The van der Waals surface area contributed by atoms with Gasteiger partial charge in [0, 0.05) is 37.2 Å². The fourth-order valence-electron chi connectivity index (χ4n) is 8.21. The third kappa shape index (κ3) is 2.75. The molecule has 4 aliphatic carbocycles. The van der Waals surface area contributed by atoms with Gasteiger partial charge in [-0.1, -0.05) is 48.6 Å². The van der Waals surface area contributed by atoms with Crippen LogP contribution in [0.15, 0.2) is 60.7 Å². The molecule has 1 saturated carbocycles. The molecule has 2 aliphatic heterocycles. The van der Waals surface area contributed by atoms with Crippen LogP contribution in [-0.4, -0.2) is 75.5 Å². The van der Waals surface area contributed by atoms with Crippen LogP contribution in [0.5, 0.6) is 11.5 Å². The van der Waals surface area contributed by atoms with Crippen LogP contribution in [0, 0.1) is 11.3 Å². The maximum Gasteiger partial charge on any atom is 0.253 e. The van der Waals surface area contributed by atoms with E-state index in [4.69, 9.17) is 14.2 Å². The van der Waals surface area contributed by atoms with Crippen LogP contribution in [0.1, 0.15) is 27.9 Å². The van der Waals surface area contributed by atoms with Crippen LogP contribution < -0.4 is 9.47 Å². The molecule has 8 rings (SSSR count). The number of methoxy groups -OCH3 is 2. The Balaban J connectivity index is 1.45. The lowest BCUT2D eigenvalue weighted by Gasteiger charge is -2.65. The van der Waals surface area contributed by atoms with E-state index >= 15 is 0 Å². The summed E-state index contributed by atoms with van der Waals surface area (Å²) < 4.78 is 46.2. The molecule has 9 heteroatoms. The van der Waals surface area contributed by atoms with Crippen LogP contribution >= 0.6 is 0 Å². The molecule has 0 aromatic heterocycles. The number of amides is 1. The van der Waals surface area contributed by atoms with Gasteiger partial charge in [-0.15, -0.1) is 0 Å². The van der Waals surface area contributed by atoms with E-state index in [-0.39, 0.29) is 11.7 Å². The van der Waals surface area contributed by atoms with E-state index in [0.29, 0.717) is 30.0 Å². The van der Waals surface area contributed by atoms with Gasteiger partial charge in [-0.05, 0) is 30.2 Å². The molecule has 1 spiro atoms. The van der Waals surface area contributed by atoms with E-state index in [0.717, 1.165) is 11.1 Å². The Morgan fingerprint density at radius 3 is 2.59 bits per heavy atom. The number of carbonyl (C=O) groups is 2. The number of hydrogen-bond donors (Lipinski definition) is 0. The zero-order valence-corrected chi connectivity index (χ0v) is 22.7. The molecule has 202 valence electrons. The van der Waals surface area contributed by atoms with Crippen LogP contribution in [0.4, 0.5) is 0 Å². The molecule has 2 aromatic rings. The van der Waals surface area contributed by atoms with Gasteiger partial charge in [0.15, 0.2) is 27.1 Å². The predicted molar refractivity (Wildman–Crippen MR) is 144 cm³/mol. The molecule has 0 unspecified atom stereocenters. The Morgan fingerprint density at radius 2 is 1.87 bits per heavy atom. The second kappa shape index (κ2) is 7.82. The summed E-state index contributed by atoms with van der Waals surface area (Å²) in [6.07, 6.45) is 7.37. The summed E-state index contributed by atoms with van der Waals surface area (Å²) in [5, 5.41) is -1.00. The highest BCUT2D eigenvalue weighted by molar-refractivity contribution is 7.93. The third-order valence-corrected chi connectivity index (χ3v) is 11.9. The second-order valence-electron chi connectivity index (χ2n) is 11.2. The number of rotatable bonds is 6. The SMILES string of the molecule is COc1ccc2c3c1O[C@H]1[C@@]4(OC)C=C[C@](C=C2)([C@@H]2[C@H]4C(=O)CS2(=O)=O)[C@@]31CCN(C)C(=O)c1ccccc1. The molecule has 1 saturated heterocycles. The number of carbonyl (C=O) groups excluding carboxylic acids is 2. The molecule has 2 heterocycles. The molecule has 39 heavy (non-hydrogen) atoms. The van der Waals surface area contributed by atoms with Crippen LogP contribution in [0.3, 0.4) is 0 Å². The summed E-state index contributed by atoms with van der Waals surface area (Å²) in [5.41, 5.74) is -0.939. The molecule has 6 atom stereocenters. The molecule has 0 radical (unpaired) electrons. The van der Waals surface area contributed by atoms with Gasteiger partial charge in [-0.3, -0.25) is 9.59 Å². The van der Waals surface area contributed by atoms with Crippen LogP contribution in [-0.2, 0) is 24.8 Å². The Hall–Kier alpha value is -3.43. The lowest BCUT2D eigenvalue weighted by atomic mass is 9.40. The smallest absolute Gasteiger partial charge is 0.253 e. The largest absolute Gasteiger partial charge is 0.493 e. The number of ketones is 1. The highest BCUT2D eigenvalue weighted by Crippen LogP contribution is 2.74. The molecule has 8 nitrogen and oxygen atoms in total. The zero-order valence-electron chi connectivity index (χ0n) is 21.9. The predicted octanol–water partition coefficient (Wildman–Crippen LogP) is 2.82. The summed E-state index contributed by atoms with van der Waals surface area (Å²) in [5.74, 6) is -0.813. The number of allylic oxidation sites excluding steroid dienone is 2. The van der Waals surface area contributed by atoms with Crippen molar-refractivity contribution < 1.29 is 32.2 Å². The van der Waals surface area contributed by atoms with Crippen molar-refractivity contribution >= 4 is 27.6 Å². The minimum absolute atomic E-state index is 0.130. The normalized spacial score (nSPS) is 35.4. The minimum Gasteiger partial charge on any atom is -0.493 e. The minimum atomic E-state index is -3.81. The summed E-state index contributed by atoms with van der Waals surface area (Å²) >= 11 is 0. The van der Waals surface area contributed by atoms with Crippen molar-refractivity contribution in [3.05, 3.63) is 77.4 Å². The van der Waals surface area contributed by atoms with E-state index in [2.05, 4.69) is 0 Å². The molecule has 2 fully saturated rings. The van der Waals surface area contributed by atoms with Crippen molar-refractivity contribution in [2.45, 2.75) is 28.8 Å². The van der Waals surface area contributed by atoms with Gasteiger partial charge in [0.1, 0.15) is 17.5 Å². The second-order valence-corrected chi connectivity index (χ2v) is 13.3. The maximum absolute atomic E-state index is 13.8. The first-order valence-corrected chi connectivity index (χ1v) is 14.8. The molecular formula is C30H29NO7S. The molecule has 0 N–H and O–H groups in total. The van der Waals surface area contributed by atoms with Crippen LogP contribution in [0.2, 0.25) is 0 Å². The third-order valence-electron chi connectivity index (χ3n) is 9.74. The van der Waals surface area contributed by atoms with Gasteiger partial charge < -0.3 is 19.1 Å². The molecule has 2 aromatic carbocycles. The monoisotopic (exact) mass is 547 g/mol.